The van der Waals surface area contributed by atoms with E-state index in [9.17, 15) is 18.0 Å². The van der Waals surface area contributed by atoms with Crippen LogP contribution in [0, 0.1) is 5.92 Å². The molecule has 1 atom stereocenters. The molecule has 182 valence electrons. The lowest BCUT2D eigenvalue weighted by atomic mass is 10.0. The quantitative estimate of drug-likeness (QED) is 0.619. The van der Waals surface area contributed by atoms with E-state index in [-0.39, 0.29) is 34.9 Å². The molecule has 0 unspecified atom stereocenters. The first-order valence-electron chi connectivity index (χ1n) is 11.6. The van der Waals surface area contributed by atoms with Gasteiger partial charge in [-0.1, -0.05) is 32.0 Å². The smallest absolute Gasteiger partial charge is 0.246 e. The van der Waals surface area contributed by atoms with Crippen molar-refractivity contribution < 1.29 is 18.0 Å². The molecule has 0 spiro atoms. The van der Waals surface area contributed by atoms with Gasteiger partial charge in [0.25, 0.3) is 0 Å². The van der Waals surface area contributed by atoms with Gasteiger partial charge < -0.3 is 9.80 Å². The van der Waals surface area contributed by atoms with E-state index in [1.807, 2.05) is 37.3 Å². The molecule has 2 aromatic carbocycles. The van der Waals surface area contributed by atoms with E-state index in [1.165, 1.54) is 25.9 Å². The highest BCUT2D eigenvalue weighted by Crippen LogP contribution is 2.40. The molecule has 0 radical (unpaired) electrons. The molecule has 2 aliphatic rings. The normalized spacial score (nSPS) is 20.0. The topological polar surface area (TPSA) is 78.0 Å². The summed E-state index contributed by atoms with van der Waals surface area (Å²) in [5.41, 5.74) is 1.22. The second-order valence-corrected chi connectivity index (χ2v) is 12.5. The van der Waals surface area contributed by atoms with Crippen LogP contribution in [0.4, 0.5) is 11.4 Å². The van der Waals surface area contributed by atoms with Crippen LogP contribution in [0.2, 0.25) is 0 Å². The van der Waals surface area contributed by atoms with E-state index in [0.717, 1.165) is 23.4 Å². The summed E-state index contributed by atoms with van der Waals surface area (Å²) >= 11 is 1.53. The highest BCUT2D eigenvalue weighted by molar-refractivity contribution is 8.00. The number of carbonyl (C=O) groups excluding carboxylic acids is 2. The number of anilines is 2. The SMILES string of the molecule is CC1CCN(S(=O)(=O)c2ccc3c(c2)N(CC(=O)N(C)c2ccccc2)C(=O)C[C@H](C)S3)CC1. The molecule has 34 heavy (non-hydrogen) atoms. The Morgan fingerprint density at radius 3 is 2.44 bits per heavy atom. The number of fused-ring (bicyclic) bond motifs is 1. The molecule has 9 heteroatoms. The number of likely N-dealkylation sites (N-methyl/N-ethyl adjacent to an activating group) is 1. The fourth-order valence-corrected chi connectivity index (χ4v) is 6.89. The van der Waals surface area contributed by atoms with Crippen molar-refractivity contribution in [3.8, 4) is 0 Å². The molecule has 0 saturated carbocycles. The molecule has 0 bridgehead atoms. The maximum absolute atomic E-state index is 13.4. The Balaban J connectivity index is 1.66. The van der Waals surface area contributed by atoms with Gasteiger partial charge in [0.1, 0.15) is 6.54 Å². The van der Waals surface area contributed by atoms with E-state index < -0.39 is 10.0 Å². The van der Waals surface area contributed by atoms with Gasteiger partial charge in [-0.3, -0.25) is 9.59 Å². The van der Waals surface area contributed by atoms with Gasteiger partial charge in [0.15, 0.2) is 0 Å². The average molecular weight is 502 g/mol. The number of sulfonamides is 1. The Morgan fingerprint density at radius 2 is 1.76 bits per heavy atom. The summed E-state index contributed by atoms with van der Waals surface area (Å²) in [5, 5.41) is 0.0178. The maximum Gasteiger partial charge on any atom is 0.246 e. The number of thioether (sulfide) groups is 1. The number of nitrogens with zero attached hydrogens (tertiary/aromatic N) is 3. The number of hydrogen-bond donors (Lipinski definition) is 0. The van der Waals surface area contributed by atoms with Crippen LogP contribution in [0.1, 0.15) is 33.1 Å². The number of benzene rings is 2. The van der Waals surface area contributed by atoms with Crippen LogP contribution in [-0.2, 0) is 19.6 Å². The predicted octanol–water partition coefficient (Wildman–Crippen LogP) is 3.99. The molecule has 0 aliphatic carbocycles. The fourth-order valence-electron chi connectivity index (χ4n) is 4.30. The fraction of sp³-hybridized carbons (Fsp3) is 0.440. The molecule has 2 aliphatic heterocycles. The van der Waals surface area contributed by atoms with Crippen LogP contribution in [-0.4, -0.2) is 56.5 Å². The van der Waals surface area contributed by atoms with Gasteiger partial charge in [-0.15, -0.1) is 11.8 Å². The van der Waals surface area contributed by atoms with Crippen LogP contribution in [0.15, 0.2) is 58.3 Å². The summed E-state index contributed by atoms with van der Waals surface area (Å²) in [7, 11) is -2.01. The Kier molecular flexibility index (Phi) is 7.35. The first kappa shape index (κ1) is 24.8. The zero-order chi connectivity index (χ0) is 24.5. The highest BCUT2D eigenvalue weighted by Gasteiger charge is 2.33. The molecule has 0 N–H and O–H groups in total. The van der Waals surface area contributed by atoms with Crippen molar-refractivity contribution in [3.05, 3.63) is 48.5 Å². The monoisotopic (exact) mass is 501 g/mol. The Morgan fingerprint density at radius 1 is 1.09 bits per heavy atom. The zero-order valence-electron chi connectivity index (χ0n) is 19.8. The minimum absolute atomic E-state index is 0.0178. The Bertz CT molecular complexity index is 1160. The summed E-state index contributed by atoms with van der Waals surface area (Å²) in [6.07, 6.45) is 1.94. The molecule has 1 saturated heterocycles. The van der Waals surface area contributed by atoms with Crippen molar-refractivity contribution in [1.29, 1.82) is 0 Å². The van der Waals surface area contributed by atoms with Crippen molar-refractivity contribution in [2.75, 3.05) is 36.5 Å². The van der Waals surface area contributed by atoms with Gasteiger partial charge in [-0.2, -0.15) is 4.31 Å². The third kappa shape index (κ3) is 5.16. The van der Waals surface area contributed by atoms with E-state index >= 15 is 0 Å². The van der Waals surface area contributed by atoms with Crippen LogP contribution in [0.3, 0.4) is 0 Å². The van der Waals surface area contributed by atoms with Crippen molar-refractivity contribution in [2.24, 2.45) is 5.92 Å². The van der Waals surface area contributed by atoms with Crippen LogP contribution < -0.4 is 9.80 Å². The summed E-state index contributed by atoms with van der Waals surface area (Å²) in [5.74, 6) is 0.0790. The number of para-hydroxylation sites is 1. The highest BCUT2D eigenvalue weighted by atomic mass is 32.2. The minimum atomic E-state index is -3.68. The molecular weight excluding hydrogens is 470 g/mol. The lowest BCUT2D eigenvalue weighted by Gasteiger charge is -2.30. The van der Waals surface area contributed by atoms with E-state index in [2.05, 4.69) is 6.92 Å². The Hall–Kier alpha value is -2.36. The summed E-state index contributed by atoms with van der Waals surface area (Å²) in [6, 6.07) is 14.2. The summed E-state index contributed by atoms with van der Waals surface area (Å²) in [4.78, 5) is 30.2. The average Bonchev–Trinajstić information content (AvgIpc) is 2.94. The van der Waals surface area contributed by atoms with Gasteiger partial charge in [-0.25, -0.2) is 8.42 Å². The second-order valence-electron chi connectivity index (χ2n) is 9.12. The molecular formula is C25H31N3O4S2. The lowest BCUT2D eigenvalue weighted by molar-refractivity contribution is -0.122. The molecule has 7 nitrogen and oxygen atoms in total. The number of piperidine rings is 1. The van der Waals surface area contributed by atoms with Crippen molar-refractivity contribution in [1.82, 2.24) is 4.31 Å². The van der Waals surface area contributed by atoms with Gasteiger partial charge >= 0.3 is 0 Å². The van der Waals surface area contributed by atoms with Crippen molar-refractivity contribution >= 4 is 45.0 Å². The minimum Gasteiger partial charge on any atom is -0.314 e. The lowest BCUT2D eigenvalue weighted by Crippen LogP contribution is -2.42. The first-order chi connectivity index (χ1) is 16.2. The van der Waals surface area contributed by atoms with Gasteiger partial charge in [0.2, 0.25) is 21.8 Å². The van der Waals surface area contributed by atoms with Gasteiger partial charge in [-0.05, 0) is 49.1 Å². The van der Waals surface area contributed by atoms with Gasteiger partial charge in [0, 0.05) is 42.4 Å². The molecule has 2 heterocycles. The van der Waals surface area contributed by atoms with Crippen molar-refractivity contribution in [3.63, 3.8) is 0 Å². The van der Waals surface area contributed by atoms with Crippen LogP contribution >= 0.6 is 11.8 Å². The third-order valence-corrected chi connectivity index (χ3v) is 9.57. The summed E-state index contributed by atoms with van der Waals surface area (Å²) < 4.78 is 28.3. The third-order valence-electron chi connectivity index (χ3n) is 6.50. The maximum atomic E-state index is 13.4. The number of carbonyl (C=O) groups is 2. The van der Waals surface area contributed by atoms with Crippen LogP contribution in [0.25, 0.3) is 0 Å². The second kappa shape index (κ2) is 10.1. The predicted molar refractivity (Wildman–Crippen MR) is 136 cm³/mol. The van der Waals surface area contributed by atoms with E-state index in [0.29, 0.717) is 24.7 Å². The zero-order valence-corrected chi connectivity index (χ0v) is 21.4. The van der Waals surface area contributed by atoms with E-state index in [4.69, 9.17) is 0 Å². The summed E-state index contributed by atoms with van der Waals surface area (Å²) in [6.45, 7) is 4.94. The molecule has 2 aromatic rings. The molecule has 0 aromatic heterocycles. The molecule has 4 rings (SSSR count). The van der Waals surface area contributed by atoms with Gasteiger partial charge in [0.05, 0.1) is 10.6 Å². The molecule has 2 amide bonds. The first-order valence-corrected chi connectivity index (χ1v) is 13.9. The van der Waals surface area contributed by atoms with Crippen molar-refractivity contribution in [2.45, 2.75) is 48.2 Å². The largest absolute Gasteiger partial charge is 0.314 e. The standard InChI is InChI=1S/C25H31N3O4S2/c1-18-11-13-27(14-12-18)34(31,32)21-9-10-23-22(16-21)28(24(29)15-19(2)33-23)17-25(30)26(3)20-7-5-4-6-8-20/h4-10,16,18-19H,11-15,17H2,1-3H3/t19-/m0/s1. The number of hydrogen-bond acceptors (Lipinski definition) is 5. The van der Waals surface area contributed by atoms with E-state index in [1.54, 1.807) is 25.2 Å². The van der Waals surface area contributed by atoms with Crippen LogP contribution in [0.5, 0.6) is 0 Å². The number of amides is 2. The Labute approximate surface area is 206 Å². The molecule has 1 fully saturated rings. The number of rotatable bonds is 5.